The van der Waals surface area contributed by atoms with Crippen molar-refractivity contribution in [3.8, 4) is 0 Å². The number of carbonyl (C=O) groups is 1. The zero-order chi connectivity index (χ0) is 12.3. The predicted molar refractivity (Wildman–Crippen MR) is 61.4 cm³/mol. The first-order valence-electron chi connectivity index (χ1n) is 4.63. The molecule has 0 saturated heterocycles. The molecule has 0 fully saturated rings. The summed E-state index contributed by atoms with van der Waals surface area (Å²) in [5, 5.41) is 21.6. The van der Waals surface area contributed by atoms with E-state index in [1.807, 2.05) is 0 Å². The number of carbonyl (C=O) groups excluding carboxylic acids is 1. The van der Waals surface area contributed by atoms with Crippen LogP contribution in [0.2, 0.25) is 0 Å². The van der Waals surface area contributed by atoms with Crippen molar-refractivity contribution < 1.29 is 4.79 Å². The van der Waals surface area contributed by atoms with Gasteiger partial charge in [-0.25, -0.2) is 4.68 Å². The molecule has 7 nitrogen and oxygen atoms in total. The summed E-state index contributed by atoms with van der Waals surface area (Å²) in [4.78, 5) is 11.0. The molecule has 1 heterocycles. The third-order valence-electron chi connectivity index (χ3n) is 2.10. The Morgan fingerprint density at radius 3 is 2.69 bits per heavy atom. The fourth-order valence-electron chi connectivity index (χ4n) is 1.22. The first kappa shape index (κ1) is 11.9. The summed E-state index contributed by atoms with van der Waals surface area (Å²) < 4.78 is 1.43. The maximum atomic E-state index is 11.0. The number of hydrogen-bond donors (Lipinski definition) is 4. The zero-order valence-corrected chi connectivity index (χ0v) is 9.16. The number of primary amides is 1. The largest absolute Gasteiger partial charge is 0.373 e. The van der Waals surface area contributed by atoms with E-state index in [0.717, 1.165) is 0 Å². The smallest absolute Gasteiger partial charge is 0.254 e. The van der Waals surface area contributed by atoms with Crippen molar-refractivity contribution in [2.45, 2.75) is 13.5 Å². The number of nitrogens with two attached hydrogens (primary N) is 1. The standard InChI is InChI=1S/C9H14N6O/c1-5(10)7(11)4-15-9(13-2)6(3-14-15)8(12)16/h3,10-11,13H,4H2,1-2H3,(H2,12,16). The third kappa shape index (κ3) is 2.25. The van der Waals surface area contributed by atoms with Gasteiger partial charge in [0.05, 0.1) is 24.2 Å². The molecule has 1 aromatic rings. The van der Waals surface area contributed by atoms with Crippen molar-refractivity contribution in [2.75, 3.05) is 12.4 Å². The van der Waals surface area contributed by atoms with Gasteiger partial charge in [0.2, 0.25) is 0 Å². The average molecular weight is 222 g/mol. The van der Waals surface area contributed by atoms with Gasteiger partial charge in [-0.1, -0.05) is 0 Å². The van der Waals surface area contributed by atoms with Crippen LogP contribution in [-0.4, -0.2) is 34.2 Å². The fraction of sp³-hybridized carbons (Fsp3) is 0.333. The highest BCUT2D eigenvalue weighted by molar-refractivity contribution is 6.38. The molecule has 0 aliphatic carbocycles. The van der Waals surface area contributed by atoms with E-state index in [2.05, 4.69) is 10.4 Å². The van der Waals surface area contributed by atoms with E-state index in [-0.39, 0.29) is 23.5 Å². The molecule has 1 rings (SSSR count). The van der Waals surface area contributed by atoms with Crippen molar-refractivity contribution in [1.82, 2.24) is 9.78 Å². The van der Waals surface area contributed by atoms with E-state index in [0.29, 0.717) is 5.82 Å². The number of amides is 1. The zero-order valence-electron chi connectivity index (χ0n) is 9.16. The Hall–Kier alpha value is -2.18. The summed E-state index contributed by atoms with van der Waals surface area (Å²) >= 11 is 0. The van der Waals surface area contributed by atoms with E-state index in [1.54, 1.807) is 7.05 Å². The first-order chi connectivity index (χ1) is 7.47. The van der Waals surface area contributed by atoms with Crippen molar-refractivity contribution in [1.29, 1.82) is 10.8 Å². The van der Waals surface area contributed by atoms with Crippen molar-refractivity contribution >= 4 is 23.1 Å². The number of nitrogens with one attached hydrogen (secondary N) is 3. The highest BCUT2D eigenvalue weighted by Crippen LogP contribution is 2.13. The summed E-state index contributed by atoms with van der Waals surface area (Å²) in [6.07, 6.45) is 1.35. The monoisotopic (exact) mass is 222 g/mol. The Bertz CT molecular complexity index is 447. The number of anilines is 1. The van der Waals surface area contributed by atoms with Crippen LogP contribution in [-0.2, 0) is 6.54 Å². The maximum Gasteiger partial charge on any atom is 0.254 e. The van der Waals surface area contributed by atoms with E-state index >= 15 is 0 Å². The predicted octanol–water partition coefficient (Wildman–Crippen LogP) is 0.0831. The van der Waals surface area contributed by atoms with Crippen LogP contribution in [0.4, 0.5) is 5.82 Å². The SMILES string of the molecule is CNc1c(C(N)=O)cnn1CC(=N)C(C)=N. The molecule has 0 aliphatic rings. The average Bonchev–Trinajstić information content (AvgIpc) is 2.60. The molecule has 0 aromatic carbocycles. The van der Waals surface area contributed by atoms with Crippen LogP contribution >= 0.6 is 0 Å². The Labute approximate surface area is 92.7 Å². The molecule has 0 aliphatic heterocycles. The summed E-state index contributed by atoms with van der Waals surface area (Å²) in [6, 6.07) is 0. The van der Waals surface area contributed by atoms with Crippen molar-refractivity contribution in [3.63, 3.8) is 0 Å². The number of hydrogen-bond acceptors (Lipinski definition) is 5. The molecule has 0 radical (unpaired) electrons. The van der Waals surface area contributed by atoms with Crippen LogP contribution in [0.5, 0.6) is 0 Å². The van der Waals surface area contributed by atoms with Gasteiger partial charge < -0.3 is 21.9 Å². The van der Waals surface area contributed by atoms with Crippen LogP contribution in [0.1, 0.15) is 17.3 Å². The lowest BCUT2D eigenvalue weighted by molar-refractivity contribution is 0.100. The van der Waals surface area contributed by atoms with Gasteiger partial charge in [0.15, 0.2) is 0 Å². The van der Waals surface area contributed by atoms with Gasteiger partial charge in [-0.05, 0) is 6.92 Å². The molecule has 7 heteroatoms. The second kappa shape index (κ2) is 4.56. The van der Waals surface area contributed by atoms with Crippen molar-refractivity contribution in [2.24, 2.45) is 5.73 Å². The third-order valence-corrected chi connectivity index (χ3v) is 2.10. The van der Waals surface area contributed by atoms with Gasteiger partial charge in [-0.15, -0.1) is 0 Å². The maximum absolute atomic E-state index is 11.0. The molecule has 0 unspecified atom stereocenters. The molecule has 1 aromatic heterocycles. The molecular weight excluding hydrogens is 208 g/mol. The van der Waals surface area contributed by atoms with Crippen molar-refractivity contribution in [3.05, 3.63) is 11.8 Å². The lowest BCUT2D eigenvalue weighted by Crippen LogP contribution is -2.19. The summed E-state index contributed by atoms with van der Waals surface area (Å²) in [7, 11) is 1.64. The molecule has 0 saturated carbocycles. The highest BCUT2D eigenvalue weighted by atomic mass is 16.1. The minimum Gasteiger partial charge on any atom is -0.373 e. The fourth-order valence-corrected chi connectivity index (χ4v) is 1.22. The lowest BCUT2D eigenvalue weighted by Gasteiger charge is -2.08. The Morgan fingerprint density at radius 2 is 2.25 bits per heavy atom. The molecule has 16 heavy (non-hydrogen) atoms. The second-order valence-electron chi connectivity index (χ2n) is 3.28. The van der Waals surface area contributed by atoms with Crippen LogP contribution in [0.15, 0.2) is 6.20 Å². The Balaban J connectivity index is 3.02. The molecule has 86 valence electrons. The molecule has 1 amide bonds. The molecule has 0 atom stereocenters. The lowest BCUT2D eigenvalue weighted by atomic mass is 10.2. The van der Waals surface area contributed by atoms with Crippen LogP contribution in [0.25, 0.3) is 0 Å². The number of nitrogens with zero attached hydrogens (tertiary/aromatic N) is 2. The first-order valence-corrected chi connectivity index (χ1v) is 4.63. The quantitative estimate of drug-likeness (QED) is 0.528. The minimum atomic E-state index is -0.575. The Kier molecular flexibility index (Phi) is 3.39. The van der Waals surface area contributed by atoms with E-state index in [4.69, 9.17) is 16.6 Å². The number of rotatable bonds is 5. The van der Waals surface area contributed by atoms with Gasteiger partial charge in [-0.3, -0.25) is 4.79 Å². The van der Waals surface area contributed by atoms with E-state index in [1.165, 1.54) is 17.8 Å². The van der Waals surface area contributed by atoms with E-state index in [9.17, 15) is 4.79 Å². The molecule has 0 spiro atoms. The topological polar surface area (TPSA) is 121 Å². The normalized spacial score (nSPS) is 9.88. The molecular formula is C9H14N6O. The summed E-state index contributed by atoms with van der Waals surface area (Å²) in [5.41, 5.74) is 5.74. The number of aromatic nitrogens is 2. The Morgan fingerprint density at radius 1 is 1.62 bits per heavy atom. The van der Waals surface area contributed by atoms with Crippen LogP contribution < -0.4 is 11.1 Å². The van der Waals surface area contributed by atoms with Crippen LogP contribution in [0, 0.1) is 10.8 Å². The van der Waals surface area contributed by atoms with Crippen LogP contribution in [0.3, 0.4) is 0 Å². The highest BCUT2D eigenvalue weighted by Gasteiger charge is 2.14. The van der Waals surface area contributed by atoms with E-state index < -0.39 is 5.91 Å². The molecule has 0 bridgehead atoms. The minimum absolute atomic E-state index is 0.135. The molecule has 5 N–H and O–H groups in total. The summed E-state index contributed by atoms with van der Waals surface area (Å²) in [5.74, 6) is -0.118. The summed E-state index contributed by atoms with van der Waals surface area (Å²) in [6.45, 7) is 1.67. The van der Waals surface area contributed by atoms with Gasteiger partial charge in [0.1, 0.15) is 11.4 Å². The van der Waals surface area contributed by atoms with Gasteiger partial charge >= 0.3 is 0 Å². The second-order valence-corrected chi connectivity index (χ2v) is 3.28. The van der Waals surface area contributed by atoms with Gasteiger partial charge in [0.25, 0.3) is 5.91 Å². The van der Waals surface area contributed by atoms with Gasteiger partial charge in [-0.2, -0.15) is 5.10 Å². The van der Waals surface area contributed by atoms with Gasteiger partial charge in [0, 0.05) is 7.05 Å².